The summed E-state index contributed by atoms with van der Waals surface area (Å²) >= 11 is 0. The van der Waals surface area contributed by atoms with Crippen LogP contribution in [0.2, 0.25) is 0 Å². The van der Waals surface area contributed by atoms with Crippen molar-refractivity contribution in [3.63, 3.8) is 0 Å². The van der Waals surface area contributed by atoms with Crippen molar-refractivity contribution in [3.8, 4) is 0 Å². The number of hydrogen-bond acceptors (Lipinski definition) is 4. The van der Waals surface area contributed by atoms with Crippen LogP contribution in [0, 0.1) is 5.41 Å². The highest BCUT2D eigenvalue weighted by Gasteiger charge is 2.21. The van der Waals surface area contributed by atoms with Crippen molar-refractivity contribution >= 4 is 5.69 Å². The van der Waals surface area contributed by atoms with Gasteiger partial charge in [-0.05, 0) is 19.3 Å². The fourth-order valence-corrected chi connectivity index (χ4v) is 2.16. The first-order valence-electron chi connectivity index (χ1n) is 7.14. The van der Waals surface area contributed by atoms with E-state index in [0.717, 1.165) is 44.6 Å². The minimum atomic E-state index is -0.0728. The Morgan fingerprint density at radius 3 is 3.11 bits per heavy atom. The number of ether oxygens (including phenoxy) is 1. The van der Waals surface area contributed by atoms with E-state index < -0.39 is 0 Å². The Labute approximate surface area is 115 Å². The van der Waals surface area contributed by atoms with Gasteiger partial charge in [0.05, 0.1) is 31.1 Å². The number of aliphatic hydroxyl groups excluding tert-OH is 1. The molecule has 19 heavy (non-hydrogen) atoms. The normalized spacial score (nSPS) is 22.4. The van der Waals surface area contributed by atoms with Gasteiger partial charge in [-0.15, -0.1) is 0 Å². The molecule has 2 unspecified atom stereocenters. The summed E-state index contributed by atoms with van der Waals surface area (Å²) in [6.45, 7) is 6.83. The molecule has 0 bridgehead atoms. The highest BCUT2D eigenvalue weighted by atomic mass is 16.5. The molecule has 0 amide bonds. The van der Waals surface area contributed by atoms with Crippen LogP contribution >= 0.6 is 0 Å². The van der Waals surface area contributed by atoms with Gasteiger partial charge in [-0.2, -0.15) is 5.10 Å². The molecule has 1 saturated heterocycles. The second kappa shape index (κ2) is 6.39. The molecule has 5 nitrogen and oxygen atoms in total. The topological polar surface area (TPSA) is 59.3 Å². The Balaban J connectivity index is 1.83. The molecule has 1 fully saturated rings. The Kier molecular flexibility index (Phi) is 4.82. The zero-order chi connectivity index (χ0) is 13.7. The fourth-order valence-electron chi connectivity index (χ4n) is 2.16. The monoisotopic (exact) mass is 267 g/mol. The molecule has 0 aliphatic carbocycles. The van der Waals surface area contributed by atoms with E-state index in [2.05, 4.69) is 24.3 Å². The SMILES string of the molecule is CCC(C)(CO)CNc1cnn(CC2CCCO2)c1. The highest BCUT2D eigenvalue weighted by molar-refractivity contribution is 5.38. The van der Waals surface area contributed by atoms with Crippen LogP contribution in [0.25, 0.3) is 0 Å². The molecule has 0 saturated carbocycles. The Bertz CT molecular complexity index is 382. The number of aliphatic hydroxyl groups is 1. The van der Waals surface area contributed by atoms with Gasteiger partial charge in [0.15, 0.2) is 0 Å². The molecule has 2 rings (SSSR count). The van der Waals surface area contributed by atoms with E-state index in [9.17, 15) is 5.11 Å². The molecule has 0 spiro atoms. The quantitative estimate of drug-likeness (QED) is 0.792. The minimum Gasteiger partial charge on any atom is -0.396 e. The van der Waals surface area contributed by atoms with Crippen molar-refractivity contribution in [3.05, 3.63) is 12.4 Å². The lowest BCUT2D eigenvalue weighted by atomic mass is 9.89. The zero-order valence-electron chi connectivity index (χ0n) is 11.9. The summed E-state index contributed by atoms with van der Waals surface area (Å²) in [5.74, 6) is 0. The van der Waals surface area contributed by atoms with Gasteiger partial charge in [0.2, 0.25) is 0 Å². The Morgan fingerprint density at radius 2 is 2.47 bits per heavy atom. The lowest BCUT2D eigenvalue weighted by Crippen LogP contribution is -2.29. The maximum atomic E-state index is 9.38. The first kappa shape index (κ1) is 14.3. The van der Waals surface area contributed by atoms with Gasteiger partial charge < -0.3 is 15.2 Å². The lowest BCUT2D eigenvalue weighted by molar-refractivity contribution is 0.0940. The Hall–Kier alpha value is -1.07. The summed E-state index contributed by atoms with van der Waals surface area (Å²) in [5, 5.41) is 17.1. The molecule has 2 N–H and O–H groups in total. The first-order chi connectivity index (χ1) is 9.15. The number of anilines is 1. The number of nitrogens with one attached hydrogen (secondary N) is 1. The van der Waals surface area contributed by atoms with Crippen LogP contribution in [0.15, 0.2) is 12.4 Å². The van der Waals surface area contributed by atoms with Crippen LogP contribution < -0.4 is 5.32 Å². The van der Waals surface area contributed by atoms with Crippen LogP contribution in [0.1, 0.15) is 33.1 Å². The summed E-state index contributed by atoms with van der Waals surface area (Å²) < 4.78 is 7.53. The van der Waals surface area contributed by atoms with Gasteiger partial charge in [0.1, 0.15) is 0 Å². The molecule has 2 atom stereocenters. The molecule has 2 heterocycles. The van der Waals surface area contributed by atoms with E-state index in [4.69, 9.17) is 4.74 Å². The number of hydrogen-bond donors (Lipinski definition) is 2. The van der Waals surface area contributed by atoms with Crippen molar-refractivity contribution < 1.29 is 9.84 Å². The highest BCUT2D eigenvalue weighted by Crippen LogP contribution is 2.21. The van der Waals surface area contributed by atoms with Crippen molar-refractivity contribution in [1.82, 2.24) is 9.78 Å². The van der Waals surface area contributed by atoms with Crippen molar-refractivity contribution in [2.45, 2.75) is 45.8 Å². The molecule has 1 aliphatic heterocycles. The minimum absolute atomic E-state index is 0.0728. The number of nitrogens with zero attached hydrogens (tertiary/aromatic N) is 2. The summed E-state index contributed by atoms with van der Waals surface area (Å²) in [4.78, 5) is 0. The van der Waals surface area contributed by atoms with E-state index in [1.807, 2.05) is 17.1 Å². The summed E-state index contributed by atoms with van der Waals surface area (Å²) in [6, 6.07) is 0. The lowest BCUT2D eigenvalue weighted by Gasteiger charge is -2.25. The van der Waals surface area contributed by atoms with Crippen LogP contribution in [0.3, 0.4) is 0 Å². The molecule has 108 valence electrons. The average Bonchev–Trinajstić information content (AvgIpc) is 3.08. The molecular formula is C14H25N3O2. The van der Waals surface area contributed by atoms with E-state index in [0.29, 0.717) is 6.10 Å². The number of rotatable bonds is 7. The van der Waals surface area contributed by atoms with Gasteiger partial charge >= 0.3 is 0 Å². The fraction of sp³-hybridized carbons (Fsp3) is 0.786. The van der Waals surface area contributed by atoms with Crippen molar-refractivity contribution in [2.24, 2.45) is 5.41 Å². The maximum absolute atomic E-state index is 9.38. The first-order valence-corrected chi connectivity index (χ1v) is 7.14. The van der Waals surface area contributed by atoms with E-state index in [1.165, 1.54) is 0 Å². The van der Waals surface area contributed by atoms with Crippen LogP contribution in [0.5, 0.6) is 0 Å². The predicted molar refractivity (Wildman–Crippen MR) is 75.2 cm³/mol. The van der Waals surface area contributed by atoms with Gasteiger partial charge in [-0.3, -0.25) is 4.68 Å². The molecule has 5 heteroatoms. The largest absolute Gasteiger partial charge is 0.396 e. The summed E-state index contributed by atoms with van der Waals surface area (Å²) in [5.41, 5.74) is 0.933. The van der Waals surface area contributed by atoms with Crippen molar-refractivity contribution in [2.75, 3.05) is 25.1 Å². The zero-order valence-corrected chi connectivity index (χ0v) is 11.9. The van der Waals surface area contributed by atoms with Crippen LogP contribution in [-0.4, -0.2) is 40.7 Å². The predicted octanol–water partition coefficient (Wildman–Crippen LogP) is 1.88. The van der Waals surface area contributed by atoms with Crippen molar-refractivity contribution in [1.29, 1.82) is 0 Å². The van der Waals surface area contributed by atoms with Gasteiger partial charge in [-0.1, -0.05) is 13.8 Å². The van der Waals surface area contributed by atoms with E-state index >= 15 is 0 Å². The van der Waals surface area contributed by atoms with E-state index in [1.54, 1.807) is 0 Å². The molecule has 0 aromatic carbocycles. The summed E-state index contributed by atoms with van der Waals surface area (Å²) in [7, 11) is 0. The number of aromatic nitrogens is 2. The molecule has 1 aromatic heterocycles. The standard InChI is InChI=1S/C14H25N3O2/c1-3-14(2,11-18)10-15-12-7-16-17(8-12)9-13-5-4-6-19-13/h7-8,13,15,18H,3-6,9-11H2,1-2H3. The third-order valence-corrected chi connectivity index (χ3v) is 4.00. The van der Waals surface area contributed by atoms with Gasteiger partial charge in [0, 0.05) is 24.8 Å². The van der Waals surface area contributed by atoms with Crippen LogP contribution in [-0.2, 0) is 11.3 Å². The Morgan fingerprint density at radius 1 is 1.63 bits per heavy atom. The molecular weight excluding hydrogens is 242 g/mol. The molecule has 1 aliphatic rings. The second-order valence-electron chi connectivity index (χ2n) is 5.76. The third-order valence-electron chi connectivity index (χ3n) is 4.00. The van der Waals surface area contributed by atoms with Gasteiger partial charge in [-0.25, -0.2) is 0 Å². The average molecular weight is 267 g/mol. The van der Waals surface area contributed by atoms with Gasteiger partial charge in [0.25, 0.3) is 0 Å². The summed E-state index contributed by atoms with van der Waals surface area (Å²) in [6.07, 6.45) is 7.38. The third kappa shape index (κ3) is 3.94. The second-order valence-corrected chi connectivity index (χ2v) is 5.76. The molecule has 0 radical (unpaired) electrons. The van der Waals surface area contributed by atoms with Crippen LogP contribution in [0.4, 0.5) is 5.69 Å². The molecule has 1 aromatic rings. The maximum Gasteiger partial charge on any atom is 0.0771 e. The smallest absolute Gasteiger partial charge is 0.0771 e. The van der Waals surface area contributed by atoms with E-state index in [-0.39, 0.29) is 12.0 Å².